The predicted octanol–water partition coefficient (Wildman–Crippen LogP) is 4.09. The fourth-order valence-electron chi connectivity index (χ4n) is 3.15. The van der Waals surface area contributed by atoms with E-state index < -0.39 is 24.3 Å². The smallest absolute Gasteiger partial charge is 0.475 e. The molecule has 196 valence electrons. The third kappa shape index (κ3) is 10.1. The molecule has 0 radical (unpaired) electrons. The summed E-state index contributed by atoms with van der Waals surface area (Å²) in [6.07, 6.45) is -8.27. The van der Waals surface area contributed by atoms with Gasteiger partial charge in [-0.3, -0.25) is 4.90 Å². The summed E-state index contributed by atoms with van der Waals surface area (Å²) in [4.78, 5) is 24.7. The summed E-state index contributed by atoms with van der Waals surface area (Å²) in [5.41, 5.74) is 3.70. The van der Waals surface area contributed by atoms with Crippen molar-refractivity contribution in [1.82, 2.24) is 14.5 Å². The molecule has 2 heterocycles. The number of aryl methyl sites for hydroxylation is 1. The second-order valence-electron chi connectivity index (χ2n) is 7.25. The Kier molecular flexibility index (Phi) is 11.0. The van der Waals surface area contributed by atoms with E-state index in [4.69, 9.17) is 36.1 Å². The molecule has 1 aliphatic heterocycles. The number of benzene rings is 1. The van der Waals surface area contributed by atoms with Crippen molar-refractivity contribution in [1.29, 1.82) is 0 Å². The van der Waals surface area contributed by atoms with Crippen LogP contribution >= 0.6 is 11.6 Å². The summed E-state index contributed by atoms with van der Waals surface area (Å²) in [6.45, 7) is 3.46. The maximum atomic E-state index is 10.6. The predicted molar refractivity (Wildman–Crippen MR) is 111 cm³/mol. The normalized spacial score (nSPS) is 15.7. The first kappa shape index (κ1) is 30.2. The van der Waals surface area contributed by atoms with Crippen LogP contribution in [0.4, 0.5) is 26.3 Å². The number of aliphatic carboxylic acids is 2. The van der Waals surface area contributed by atoms with Gasteiger partial charge in [0.05, 0.1) is 18.6 Å². The number of carboxylic acid groups (broad SMARTS) is 2. The van der Waals surface area contributed by atoms with Crippen molar-refractivity contribution in [2.45, 2.75) is 31.4 Å². The molecule has 0 saturated heterocycles. The Bertz CT molecular complexity index is 972. The lowest BCUT2D eigenvalue weighted by molar-refractivity contribution is -0.193. The molecule has 1 aliphatic rings. The van der Waals surface area contributed by atoms with Crippen LogP contribution in [0.25, 0.3) is 0 Å². The number of methoxy groups -OCH3 is 1. The molecule has 1 aromatic carbocycles. The van der Waals surface area contributed by atoms with Crippen LogP contribution in [0.5, 0.6) is 0 Å². The minimum Gasteiger partial charge on any atom is -0.475 e. The molecule has 1 atom stereocenters. The molecule has 15 heteroatoms. The van der Waals surface area contributed by atoms with Crippen LogP contribution in [0.3, 0.4) is 0 Å². The SMILES string of the molecule is COCC1CN(Cc2cccc(Cl)c2)Cc2ncn(C)c21.O=C(O)C(F)(F)F.O=C(O)C(F)(F)F. The van der Waals surface area contributed by atoms with Crippen molar-refractivity contribution >= 4 is 23.5 Å². The second-order valence-corrected chi connectivity index (χ2v) is 7.68. The van der Waals surface area contributed by atoms with Gasteiger partial charge < -0.3 is 19.5 Å². The molecule has 0 spiro atoms. The van der Waals surface area contributed by atoms with E-state index in [-0.39, 0.29) is 0 Å². The van der Waals surface area contributed by atoms with E-state index in [1.807, 2.05) is 24.5 Å². The average molecular weight is 534 g/mol. The molecule has 0 fully saturated rings. The summed E-state index contributed by atoms with van der Waals surface area (Å²) in [6, 6.07) is 8.05. The molecular formula is C20H22ClF6N3O5. The Morgan fingerprint density at radius 1 is 1.14 bits per heavy atom. The molecular weight excluding hydrogens is 512 g/mol. The zero-order valence-electron chi connectivity index (χ0n) is 18.4. The topological polar surface area (TPSA) is 105 Å². The molecule has 0 aliphatic carbocycles. The molecule has 0 amide bonds. The van der Waals surface area contributed by atoms with Crippen molar-refractivity contribution in [3.8, 4) is 0 Å². The lowest BCUT2D eigenvalue weighted by Crippen LogP contribution is -2.35. The summed E-state index contributed by atoms with van der Waals surface area (Å²) in [5, 5.41) is 15.0. The number of imidazole rings is 1. The van der Waals surface area contributed by atoms with E-state index in [2.05, 4.69) is 27.6 Å². The Labute approximate surface area is 200 Å². The highest BCUT2D eigenvalue weighted by atomic mass is 35.5. The summed E-state index contributed by atoms with van der Waals surface area (Å²) in [5.74, 6) is -5.15. The zero-order chi connectivity index (χ0) is 27.0. The number of hydrogen-bond acceptors (Lipinski definition) is 5. The fraction of sp³-hybridized carbons (Fsp3) is 0.450. The molecule has 0 saturated carbocycles. The third-order valence-corrected chi connectivity index (χ3v) is 4.68. The lowest BCUT2D eigenvalue weighted by Gasteiger charge is -2.32. The van der Waals surface area contributed by atoms with Gasteiger partial charge in [0.25, 0.3) is 0 Å². The number of halogens is 7. The van der Waals surface area contributed by atoms with Crippen LogP contribution in [0.2, 0.25) is 5.02 Å². The highest BCUT2D eigenvalue weighted by molar-refractivity contribution is 6.30. The molecule has 2 aromatic rings. The third-order valence-electron chi connectivity index (χ3n) is 4.45. The number of ether oxygens (including phenoxy) is 1. The average Bonchev–Trinajstić information content (AvgIpc) is 3.08. The quantitative estimate of drug-likeness (QED) is 0.571. The minimum absolute atomic E-state index is 0.366. The number of hydrogen-bond donors (Lipinski definition) is 2. The Balaban J connectivity index is 0.000000362. The number of fused-ring (bicyclic) bond motifs is 1. The number of carboxylic acids is 2. The first-order valence-corrected chi connectivity index (χ1v) is 10.00. The van der Waals surface area contributed by atoms with E-state index in [0.717, 1.165) is 37.0 Å². The lowest BCUT2D eigenvalue weighted by atomic mass is 9.98. The molecule has 0 bridgehead atoms. The monoisotopic (exact) mass is 533 g/mol. The van der Waals surface area contributed by atoms with Crippen LogP contribution in [-0.4, -0.2) is 69.2 Å². The van der Waals surface area contributed by atoms with Gasteiger partial charge in [0.1, 0.15) is 0 Å². The Morgan fingerprint density at radius 3 is 2.14 bits per heavy atom. The number of alkyl halides is 6. The first-order valence-electron chi connectivity index (χ1n) is 9.62. The summed E-state index contributed by atoms with van der Waals surface area (Å²) >= 11 is 6.07. The largest absolute Gasteiger partial charge is 0.490 e. The van der Waals surface area contributed by atoms with Gasteiger partial charge in [-0.2, -0.15) is 26.3 Å². The van der Waals surface area contributed by atoms with Crippen LogP contribution in [0.1, 0.15) is 22.9 Å². The minimum atomic E-state index is -5.08. The first-order chi connectivity index (χ1) is 16.1. The Hall–Kier alpha value is -2.84. The van der Waals surface area contributed by atoms with Crippen LogP contribution in [0.15, 0.2) is 30.6 Å². The van der Waals surface area contributed by atoms with Gasteiger partial charge in [0.15, 0.2) is 0 Å². The molecule has 1 unspecified atom stereocenters. The van der Waals surface area contributed by atoms with Gasteiger partial charge in [-0.25, -0.2) is 14.6 Å². The van der Waals surface area contributed by atoms with Crippen molar-refractivity contribution in [2.24, 2.45) is 7.05 Å². The Morgan fingerprint density at radius 2 is 1.69 bits per heavy atom. The number of rotatable bonds is 4. The van der Waals surface area contributed by atoms with Crippen LogP contribution < -0.4 is 0 Å². The van der Waals surface area contributed by atoms with E-state index in [1.54, 1.807) is 7.11 Å². The fourth-order valence-corrected chi connectivity index (χ4v) is 3.37. The van der Waals surface area contributed by atoms with Gasteiger partial charge in [-0.15, -0.1) is 0 Å². The summed E-state index contributed by atoms with van der Waals surface area (Å²) in [7, 11) is 3.81. The van der Waals surface area contributed by atoms with Gasteiger partial charge in [0, 0.05) is 50.4 Å². The van der Waals surface area contributed by atoms with E-state index in [0.29, 0.717) is 5.92 Å². The molecule has 3 rings (SSSR count). The second kappa shape index (κ2) is 12.7. The van der Waals surface area contributed by atoms with Crippen molar-refractivity contribution in [3.05, 3.63) is 52.6 Å². The molecule has 1 aromatic heterocycles. The maximum absolute atomic E-state index is 10.6. The van der Waals surface area contributed by atoms with Gasteiger partial charge in [0.2, 0.25) is 0 Å². The number of aromatic nitrogens is 2. The van der Waals surface area contributed by atoms with Crippen LogP contribution in [-0.2, 0) is 34.5 Å². The highest BCUT2D eigenvalue weighted by Gasteiger charge is 2.38. The van der Waals surface area contributed by atoms with E-state index in [9.17, 15) is 26.3 Å². The number of carbonyl (C=O) groups is 2. The van der Waals surface area contributed by atoms with Crippen molar-refractivity contribution in [2.75, 3.05) is 20.3 Å². The van der Waals surface area contributed by atoms with Crippen molar-refractivity contribution in [3.63, 3.8) is 0 Å². The molecule has 2 N–H and O–H groups in total. The van der Waals surface area contributed by atoms with Crippen LogP contribution in [0, 0.1) is 0 Å². The van der Waals surface area contributed by atoms with Gasteiger partial charge in [-0.1, -0.05) is 23.7 Å². The molecule has 8 nitrogen and oxygen atoms in total. The van der Waals surface area contributed by atoms with E-state index in [1.165, 1.54) is 11.3 Å². The highest BCUT2D eigenvalue weighted by Crippen LogP contribution is 2.28. The molecule has 35 heavy (non-hydrogen) atoms. The number of nitrogens with zero attached hydrogens (tertiary/aromatic N) is 3. The van der Waals surface area contributed by atoms with Gasteiger partial charge in [-0.05, 0) is 17.7 Å². The van der Waals surface area contributed by atoms with E-state index >= 15 is 0 Å². The standard InChI is InChI=1S/C16H20ClN3O.2C2HF3O2/c1-19-11-18-15-9-20(8-13(10-21-2)16(15)19)7-12-4-3-5-14(17)6-12;2*3-2(4,5)1(6)7/h3-6,11,13H,7-10H2,1-2H3;2*(H,6,7). The maximum Gasteiger partial charge on any atom is 0.490 e. The summed E-state index contributed by atoms with van der Waals surface area (Å²) < 4.78 is 71.0. The zero-order valence-corrected chi connectivity index (χ0v) is 19.2. The van der Waals surface area contributed by atoms with Gasteiger partial charge >= 0.3 is 24.3 Å². The van der Waals surface area contributed by atoms with Crippen molar-refractivity contribution < 1.29 is 50.9 Å².